The summed E-state index contributed by atoms with van der Waals surface area (Å²) in [5, 5.41) is 0. The Labute approximate surface area is 122 Å². The van der Waals surface area contributed by atoms with Gasteiger partial charge in [-0.2, -0.15) is 0 Å². The molecule has 2 amide bonds. The van der Waals surface area contributed by atoms with E-state index >= 15 is 0 Å². The molecule has 1 aliphatic rings. The average Bonchev–Trinajstić information content (AvgIpc) is 2.86. The van der Waals surface area contributed by atoms with Gasteiger partial charge in [-0.1, -0.05) is 30.3 Å². The lowest BCUT2D eigenvalue weighted by Crippen LogP contribution is -2.29. The summed E-state index contributed by atoms with van der Waals surface area (Å²) in [6.07, 6.45) is 2.53. The van der Waals surface area contributed by atoms with Gasteiger partial charge in [-0.3, -0.25) is 9.59 Å². The van der Waals surface area contributed by atoms with E-state index < -0.39 is 0 Å². The first kappa shape index (κ1) is 13.1. The van der Waals surface area contributed by atoms with Crippen LogP contribution < -0.4 is 9.64 Å². The van der Waals surface area contributed by atoms with Gasteiger partial charge in [0.25, 0.3) is 11.8 Å². The van der Waals surface area contributed by atoms with Gasteiger partial charge in [-0.25, -0.2) is 4.90 Å². The maximum Gasteiger partial charge on any atom is 0.258 e. The maximum absolute atomic E-state index is 11.6. The average molecular weight is 279 g/mol. The summed E-state index contributed by atoms with van der Waals surface area (Å²) in [5.41, 5.74) is 1.62. The number of rotatable bonds is 4. The minimum Gasteiger partial charge on any atom is -0.489 e. The lowest BCUT2D eigenvalue weighted by Gasteiger charge is -2.14. The molecule has 1 aliphatic heterocycles. The number of anilines is 1. The third-order valence-corrected chi connectivity index (χ3v) is 3.15. The zero-order valence-electron chi connectivity index (χ0n) is 11.2. The highest BCUT2D eigenvalue weighted by Gasteiger charge is 2.24. The van der Waals surface area contributed by atoms with E-state index in [1.807, 2.05) is 30.3 Å². The van der Waals surface area contributed by atoms with Crippen molar-refractivity contribution in [3.05, 3.63) is 72.3 Å². The highest BCUT2D eigenvalue weighted by atomic mass is 16.5. The second-order valence-electron chi connectivity index (χ2n) is 4.61. The van der Waals surface area contributed by atoms with E-state index in [2.05, 4.69) is 0 Å². The van der Waals surface area contributed by atoms with E-state index in [9.17, 15) is 9.59 Å². The van der Waals surface area contributed by atoms with Gasteiger partial charge in [0.15, 0.2) is 0 Å². The molecule has 0 unspecified atom stereocenters. The molecule has 0 saturated heterocycles. The van der Waals surface area contributed by atoms with Crippen molar-refractivity contribution < 1.29 is 14.3 Å². The van der Waals surface area contributed by atoms with Crippen LogP contribution in [0.3, 0.4) is 0 Å². The molecular formula is C17H13NO3. The van der Waals surface area contributed by atoms with Crippen LogP contribution in [0.1, 0.15) is 5.56 Å². The van der Waals surface area contributed by atoms with Crippen LogP contribution in [0.15, 0.2) is 66.7 Å². The molecule has 0 bridgehead atoms. The molecule has 0 aromatic heterocycles. The lowest BCUT2D eigenvalue weighted by molar-refractivity contribution is -0.119. The summed E-state index contributed by atoms with van der Waals surface area (Å²) in [6.45, 7) is 0.476. The summed E-state index contributed by atoms with van der Waals surface area (Å²) in [5.74, 6) is 0.0468. The van der Waals surface area contributed by atoms with Crippen LogP contribution in [0.5, 0.6) is 5.75 Å². The molecule has 0 aliphatic carbocycles. The Hall–Kier alpha value is -2.88. The highest BCUT2D eigenvalue weighted by Crippen LogP contribution is 2.22. The van der Waals surface area contributed by atoms with E-state index in [-0.39, 0.29) is 11.8 Å². The Morgan fingerprint density at radius 1 is 0.810 bits per heavy atom. The highest BCUT2D eigenvalue weighted by molar-refractivity contribution is 6.28. The molecule has 4 heteroatoms. The Balaban J connectivity index is 1.67. The number of benzene rings is 2. The standard InChI is InChI=1S/C17H13NO3/c19-16-10-11-17(20)18(16)14-6-8-15(9-7-14)21-12-13-4-2-1-3-5-13/h1-11H,12H2. The van der Waals surface area contributed by atoms with E-state index in [1.54, 1.807) is 24.3 Å². The molecular weight excluding hydrogens is 266 g/mol. The van der Waals surface area contributed by atoms with Crippen molar-refractivity contribution >= 4 is 17.5 Å². The minimum atomic E-state index is -0.321. The summed E-state index contributed by atoms with van der Waals surface area (Å²) in [4.78, 5) is 24.3. The fourth-order valence-corrected chi connectivity index (χ4v) is 2.09. The largest absolute Gasteiger partial charge is 0.489 e. The molecule has 0 N–H and O–H groups in total. The van der Waals surface area contributed by atoms with Gasteiger partial charge < -0.3 is 4.74 Å². The fraction of sp³-hybridized carbons (Fsp3) is 0.0588. The number of hydrogen-bond donors (Lipinski definition) is 0. The number of carbonyl (C=O) groups is 2. The smallest absolute Gasteiger partial charge is 0.258 e. The van der Waals surface area contributed by atoms with Crippen LogP contribution >= 0.6 is 0 Å². The first-order valence-electron chi connectivity index (χ1n) is 6.57. The lowest BCUT2D eigenvalue weighted by atomic mass is 10.2. The maximum atomic E-state index is 11.6. The zero-order valence-corrected chi connectivity index (χ0v) is 11.2. The summed E-state index contributed by atoms with van der Waals surface area (Å²) in [6, 6.07) is 16.7. The van der Waals surface area contributed by atoms with Crippen molar-refractivity contribution in [2.45, 2.75) is 6.61 Å². The molecule has 2 aromatic rings. The van der Waals surface area contributed by atoms with Crippen LogP contribution in [-0.4, -0.2) is 11.8 Å². The van der Waals surface area contributed by atoms with Crippen LogP contribution in [-0.2, 0) is 16.2 Å². The van der Waals surface area contributed by atoms with E-state index in [4.69, 9.17) is 4.74 Å². The Morgan fingerprint density at radius 2 is 1.43 bits per heavy atom. The van der Waals surface area contributed by atoms with E-state index in [0.717, 1.165) is 10.5 Å². The van der Waals surface area contributed by atoms with Crippen molar-refractivity contribution in [2.75, 3.05) is 4.90 Å². The molecule has 21 heavy (non-hydrogen) atoms. The third kappa shape index (κ3) is 2.84. The summed E-state index contributed by atoms with van der Waals surface area (Å²) < 4.78 is 5.66. The van der Waals surface area contributed by atoms with Crippen molar-refractivity contribution in [1.29, 1.82) is 0 Å². The van der Waals surface area contributed by atoms with Gasteiger partial charge in [0.2, 0.25) is 0 Å². The van der Waals surface area contributed by atoms with Gasteiger partial charge in [0, 0.05) is 12.2 Å². The molecule has 104 valence electrons. The molecule has 2 aromatic carbocycles. The molecule has 0 atom stereocenters. The minimum absolute atomic E-state index is 0.321. The Morgan fingerprint density at radius 3 is 2.05 bits per heavy atom. The van der Waals surface area contributed by atoms with Gasteiger partial charge in [0.1, 0.15) is 12.4 Å². The first-order chi connectivity index (χ1) is 10.2. The normalized spacial score (nSPS) is 13.8. The predicted octanol–water partition coefficient (Wildman–Crippen LogP) is 2.70. The second kappa shape index (κ2) is 5.63. The monoisotopic (exact) mass is 279 g/mol. The molecule has 0 spiro atoms. The van der Waals surface area contributed by atoms with Crippen LogP contribution in [0.25, 0.3) is 0 Å². The molecule has 1 heterocycles. The predicted molar refractivity (Wildman–Crippen MR) is 78.8 cm³/mol. The number of amides is 2. The first-order valence-corrected chi connectivity index (χ1v) is 6.57. The van der Waals surface area contributed by atoms with Crippen molar-refractivity contribution in [2.24, 2.45) is 0 Å². The van der Waals surface area contributed by atoms with Crippen LogP contribution in [0.2, 0.25) is 0 Å². The van der Waals surface area contributed by atoms with Crippen LogP contribution in [0.4, 0.5) is 5.69 Å². The number of hydrogen-bond acceptors (Lipinski definition) is 3. The quantitative estimate of drug-likeness (QED) is 0.808. The topological polar surface area (TPSA) is 46.6 Å². The molecule has 0 radical (unpaired) electrons. The SMILES string of the molecule is O=C1C=CC(=O)N1c1ccc(OCc2ccccc2)cc1. The van der Waals surface area contributed by atoms with Gasteiger partial charge in [-0.15, -0.1) is 0 Å². The fourth-order valence-electron chi connectivity index (χ4n) is 2.09. The number of nitrogens with zero attached hydrogens (tertiary/aromatic N) is 1. The second-order valence-corrected chi connectivity index (χ2v) is 4.61. The number of ether oxygens (including phenoxy) is 1. The zero-order chi connectivity index (χ0) is 14.7. The Kier molecular flexibility index (Phi) is 3.51. The van der Waals surface area contributed by atoms with E-state index in [1.165, 1.54) is 12.2 Å². The summed E-state index contributed by atoms with van der Waals surface area (Å²) in [7, 11) is 0. The van der Waals surface area contributed by atoms with Crippen molar-refractivity contribution in [3.8, 4) is 5.75 Å². The third-order valence-electron chi connectivity index (χ3n) is 3.15. The van der Waals surface area contributed by atoms with Crippen LogP contribution in [0, 0.1) is 0 Å². The van der Waals surface area contributed by atoms with E-state index in [0.29, 0.717) is 18.0 Å². The molecule has 0 saturated carbocycles. The number of carbonyl (C=O) groups excluding carboxylic acids is 2. The molecule has 4 nitrogen and oxygen atoms in total. The molecule has 0 fully saturated rings. The summed E-state index contributed by atoms with van der Waals surface area (Å²) >= 11 is 0. The Bertz CT molecular complexity index is 672. The van der Waals surface area contributed by atoms with Crippen molar-refractivity contribution in [1.82, 2.24) is 0 Å². The van der Waals surface area contributed by atoms with Crippen molar-refractivity contribution in [3.63, 3.8) is 0 Å². The van der Waals surface area contributed by atoms with Gasteiger partial charge >= 0.3 is 0 Å². The van der Waals surface area contributed by atoms with Gasteiger partial charge in [0.05, 0.1) is 5.69 Å². The van der Waals surface area contributed by atoms with Gasteiger partial charge in [-0.05, 0) is 29.8 Å². The number of imide groups is 1. The molecule has 3 rings (SSSR count).